The third-order valence-corrected chi connectivity index (χ3v) is 6.54. The van der Waals surface area contributed by atoms with Gasteiger partial charge in [0, 0.05) is 62.8 Å². The van der Waals surface area contributed by atoms with Crippen molar-refractivity contribution in [2.24, 2.45) is 5.73 Å². The summed E-state index contributed by atoms with van der Waals surface area (Å²) in [5, 5.41) is 12.3. The van der Waals surface area contributed by atoms with Crippen molar-refractivity contribution in [1.29, 1.82) is 0 Å². The zero-order chi connectivity index (χ0) is 32.4. The van der Waals surface area contributed by atoms with Gasteiger partial charge in [0.1, 0.15) is 18.1 Å². The molecule has 3 aromatic carbocycles. The number of amides is 1. The van der Waals surface area contributed by atoms with Crippen LogP contribution in [0.5, 0.6) is 11.5 Å². The van der Waals surface area contributed by atoms with E-state index in [9.17, 15) is 4.79 Å². The second-order valence-corrected chi connectivity index (χ2v) is 9.21. The molecule has 2 atom stereocenters. The number of hydrogen-bond acceptors (Lipinski definition) is 5. The molecule has 1 fully saturated rings. The van der Waals surface area contributed by atoms with Crippen molar-refractivity contribution in [3.63, 3.8) is 0 Å². The summed E-state index contributed by atoms with van der Waals surface area (Å²) >= 11 is 0. The predicted molar refractivity (Wildman–Crippen MR) is 184 cm³/mol. The zero-order valence-electron chi connectivity index (χ0n) is 27.0. The summed E-state index contributed by atoms with van der Waals surface area (Å²) in [4.78, 5) is 14.4. The Bertz CT molecular complexity index is 1280. The van der Waals surface area contributed by atoms with Crippen LogP contribution in [0.4, 0.5) is 0 Å². The number of fused-ring (bicyclic) bond motifs is 1. The molecule has 2 heterocycles. The molecule has 2 aliphatic rings. The first kappa shape index (κ1) is 41.5. The quantitative estimate of drug-likeness (QED) is 0.227. The average molecular weight is 695 g/mol. The Morgan fingerprint density at radius 1 is 0.977 bits per heavy atom. The van der Waals surface area contributed by atoms with E-state index in [4.69, 9.17) is 21.3 Å². The van der Waals surface area contributed by atoms with Gasteiger partial charge in [-0.25, -0.2) is 0 Å². The van der Waals surface area contributed by atoms with Crippen LogP contribution in [0.25, 0.3) is 5.73 Å². The maximum absolute atomic E-state index is 12.5. The van der Waals surface area contributed by atoms with Crippen LogP contribution in [0.3, 0.4) is 0 Å². The molecule has 237 valence electrons. The van der Waals surface area contributed by atoms with Gasteiger partial charge in [-0.3, -0.25) is 4.79 Å². The van der Waals surface area contributed by atoms with E-state index in [1.54, 1.807) is 24.3 Å². The molecule has 3 aromatic rings. The van der Waals surface area contributed by atoms with E-state index in [2.05, 4.69) is 27.7 Å². The normalized spacial score (nSPS) is 14.3. The molecular weight excluding hydrogens is 644 g/mol. The maximum atomic E-state index is 12.5. The Balaban J connectivity index is 0.000000712. The first-order chi connectivity index (χ1) is 20.9. The van der Waals surface area contributed by atoms with Crippen molar-refractivity contribution in [2.75, 3.05) is 6.66 Å². The molecule has 5 N–H and O–H groups in total. The van der Waals surface area contributed by atoms with E-state index >= 15 is 0 Å². The van der Waals surface area contributed by atoms with E-state index in [1.165, 1.54) is 0 Å². The van der Waals surface area contributed by atoms with Crippen LogP contribution in [0.1, 0.15) is 73.1 Å². The number of rotatable bonds is 6. The molecule has 5 rings (SSSR count). The van der Waals surface area contributed by atoms with Gasteiger partial charge < -0.3 is 31.5 Å². The maximum Gasteiger partial charge on any atom is 0.255 e. The molecule has 0 saturated carbocycles. The fraction of sp³-hybridized carbons (Fsp3) is 0.343. The van der Waals surface area contributed by atoms with E-state index in [0.29, 0.717) is 19.7 Å². The van der Waals surface area contributed by atoms with E-state index in [1.807, 2.05) is 81.7 Å². The fourth-order valence-corrected chi connectivity index (χ4v) is 4.44. The second kappa shape index (κ2) is 22.9. The molecule has 0 bridgehead atoms. The Labute approximate surface area is 292 Å². The predicted octanol–water partition coefficient (Wildman–Crippen LogP) is 7.95. The first-order valence-electron chi connectivity index (χ1n) is 14.9. The van der Waals surface area contributed by atoms with Crippen LogP contribution in [-0.4, -0.2) is 28.6 Å². The van der Waals surface area contributed by atoms with Crippen LogP contribution in [-0.2, 0) is 59.0 Å². The Morgan fingerprint density at radius 2 is 1.55 bits per heavy atom. The largest absolute Gasteiger partial charge is 0.674 e. The first-order valence-corrected chi connectivity index (χ1v) is 16.0. The summed E-state index contributed by atoms with van der Waals surface area (Å²) in [6.07, 6.45) is 1.73. The molecular formula is C35H50N4O3PY-. The van der Waals surface area contributed by atoms with Crippen LogP contribution < -0.4 is 15.8 Å². The summed E-state index contributed by atoms with van der Waals surface area (Å²) in [5.41, 5.74) is 19.7. The van der Waals surface area contributed by atoms with E-state index < -0.39 is 0 Å². The number of nitrogens with one attached hydrogen (secondary N) is 2. The molecule has 44 heavy (non-hydrogen) atoms. The van der Waals surface area contributed by atoms with E-state index in [0.717, 1.165) is 57.8 Å². The van der Waals surface area contributed by atoms with Crippen LogP contribution in [0, 0.1) is 0 Å². The second-order valence-electron chi connectivity index (χ2n) is 9.21. The van der Waals surface area contributed by atoms with Gasteiger partial charge in [0.15, 0.2) is 0 Å². The number of carbonyl (C=O) groups is 1. The van der Waals surface area contributed by atoms with Gasteiger partial charge in [0.2, 0.25) is 0 Å². The molecule has 2 aliphatic heterocycles. The van der Waals surface area contributed by atoms with Gasteiger partial charge in [0.25, 0.3) is 5.91 Å². The minimum absolute atomic E-state index is 0. The number of nitrogens with zero attached hydrogens (tertiary/aromatic N) is 1. The Morgan fingerprint density at radius 3 is 2.09 bits per heavy atom. The summed E-state index contributed by atoms with van der Waals surface area (Å²) in [6.45, 7) is 19.8. The number of phenols is 1. The number of hydrogen-bond donors (Lipinski definition) is 3. The molecule has 0 aliphatic carbocycles. The number of piperidine rings is 1. The van der Waals surface area contributed by atoms with Gasteiger partial charge in [-0.2, -0.15) is 0 Å². The summed E-state index contributed by atoms with van der Waals surface area (Å²) < 4.78 is 5.58. The van der Waals surface area contributed by atoms with Crippen molar-refractivity contribution >= 4 is 15.1 Å². The number of aromatic hydroxyl groups is 1. The minimum atomic E-state index is 0. The molecule has 9 heteroatoms. The van der Waals surface area contributed by atoms with Crippen LogP contribution in [0.2, 0.25) is 0 Å². The van der Waals surface area contributed by atoms with Crippen LogP contribution in [0.15, 0.2) is 91.3 Å². The average Bonchev–Trinajstić information content (AvgIpc) is 3.39. The van der Waals surface area contributed by atoms with Gasteiger partial charge in [-0.05, 0) is 59.9 Å². The van der Waals surface area contributed by atoms with Gasteiger partial charge in [0.05, 0.1) is 6.04 Å². The molecule has 7 nitrogen and oxygen atoms in total. The van der Waals surface area contributed by atoms with Gasteiger partial charge in [-0.1, -0.05) is 89.5 Å². The molecule has 1 radical (unpaired) electrons. The monoisotopic (exact) mass is 694 g/mol. The zero-order valence-corrected chi connectivity index (χ0v) is 31.0. The van der Waals surface area contributed by atoms with Crippen molar-refractivity contribution in [1.82, 2.24) is 10.2 Å². The molecule has 0 spiro atoms. The number of ether oxygens (including phenoxy) is 1. The van der Waals surface area contributed by atoms with Crippen molar-refractivity contribution in [3.05, 3.63) is 125 Å². The smallest absolute Gasteiger partial charge is 0.255 e. The summed E-state index contributed by atoms with van der Waals surface area (Å²) in [7, 11) is 2.42. The van der Waals surface area contributed by atoms with Crippen molar-refractivity contribution in [2.45, 2.75) is 72.8 Å². The summed E-state index contributed by atoms with van der Waals surface area (Å²) in [5.74, 6) is 1.05. The third-order valence-electron chi connectivity index (χ3n) is 6.54. The third kappa shape index (κ3) is 12.5. The number of nitrogens with two attached hydrogens (primary N) is 1. The van der Waals surface area contributed by atoms with E-state index in [-0.39, 0.29) is 57.0 Å². The molecule has 2 unspecified atom stereocenters. The van der Waals surface area contributed by atoms with Gasteiger partial charge >= 0.3 is 0 Å². The minimum Gasteiger partial charge on any atom is -0.674 e. The molecule has 0 aromatic heterocycles. The van der Waals surface area contributed by atoms with Crippen molar-refractivity contribution in [3.8, 4) is 11.5 Å². The number of phenolic OH excluding ortho intramolecular Hbond substituents is 1. The molecule has 1 saturated heterocycles. The number of benzene rings is 3. The topological polar surface area (TPSA) is 112 Å². The number of carbonyl (C=O) groups excluding carboxylic acids is 1. The Kier molecular flexibility index (Phi) is 21.6. The summed E-state index contributed by atoms with van der Waals surface area (Å²) in [6, 6.07) is 20.4. The Hall–Kier alpha value is -2.54. The van der Waals surface area contributed by atoms with Crippen molar-refractivity contribution < 1.29 is 47.3 Å². The van der Waals surface area contributed by atoms with Gasteiger partial charge in [-0.15, -0.1) is 15.8 Å². The molecule has 1 amide bonds. The fourth-order valence-electron chi connectivity index (χ4n) is 4.44. The SMILES string of the molecule is C=C1CCC(N2Cc3cc(C[NH-])ccc3C2=O)C(=C)N1.CC.CC.CP.NCc1ccc(COc2ccc(O)cc2)cc1.[Y]. The number of allylic oxidation sites excluding steroid dienone is 1. The standard InChI is InChI=1S/C16H18N3O.C14H15NO2.2C2H6.CH5P.Y/c1-10-3-6-15(11(2)18-10)19-9-13-7-12(8-17)4-5-14(13)16(19)20;15-9-11-1-3-12(4-2-11)10-17-14-7-5-13(16)6-8-14;3*1-2;/h4-5,7,15,17-18H,1-3,6,8-9H2;1-8,16H,9-10,15H2;2*1-2H3;2H2,1H3;/q-1;;;;;. The van der Waals surface area contributed by atoms with Crippen LogP contribution >= 0.6 is 9.24 Å².